The van der Waals surface area contributed by atoms with E-state index in [1.807, 2.05) is 61.5 Å². The minimum atomic E-state index is -0.598. The first-order valence-corrected chi connectivity index (χ1v) is 8.89. The third-order valence-corrected chi connectivity index (χ3v) is 3.93. The Bertz CT molecular complexity index is 859. The largest absolute Gasteiger partial charge is 0.494 e. The van der Waals surface area contributed by atoms with Crippen molar-refractivity contribution in [2.75, 3.05) is 6.61 Å². The quantitative estimate of drug-likeness (QED) is 0.431. The Morgan fingerprint density at radius 2 is 1.81 bits per heavy atom. The van der Waals surface area contributed by atoms with Gasteiger partial charge in [-0.25, -0.2) is 0 Å². The average molecular weight is 366 g/mol. The van der Waals surface area contributed by atoms with Gasteiger partial charge in [0.1, 0.15) is 5.75 Å². The molecule has 0 aliphatic carbocycles. The highest BCUT2D eigenvalue weighted by Crippen LogP contribution is 2.23. The van der Waals surface area contributed by atoms with Crippen molar-refractivity contribution >= 4 is 5.97 Å². The van der Waals surface area contributed by atoms with Crippen molar-refractivity contribution in [3.8, 4) is 17.2 Å². The molecular formula is C21H22N2O4. The number of para-hydroxylation sites is 1. The summed E-state index contributed by atoms with van der Waals surface area (Å²) in [6, 6.07) is 17.3. The van der Waals surface area contributed by atoms with E-state index in [1.54, 1.807) is 6.92 Å². The maximum atomic E-state index is 12.0. The first-order chi connectivity index (χ1) is 13.1. The van der Waals surface area contributed by atoms with Crippen molar-refractivity contribution in [1.82, 2.24) is 10.2 Å². The van der Waals surface area contributed by atoms with Gasteiger partial charge in [-0.3, -0.25) is 4.79 Å². The molecule has 3 rings (SSSR count). The molecule has 1 aromatic heterocycles. The van der Waals surface area contributed by atoms with Crippen LogP contribution in [0.3, 0.4) is 0 Å². The number of carbonyl (C=O) groups is 1. The van der Waals surface area contributed by atoms with Crippen LogP contribution in [0.5, 0.6) is 5.75 Å². The molecule has 0 fully saturated rings. The van der Waals surface area contributed by atoms with Gasteiger partial charge in [0.25, 0.3) is 5.89 Å². The summed E-state index contributed by atoms with van der Waals surface area (Å²) >= 11 is 0. The third-order valence-electron chi connectivity index (χ3n) is 3.93. The van der Waals surface area contributed by atoms with Gasteiger partial charge in [0.2, 0.25) is 5.89 Å². The predicted molar refractivity (Wildman–Crippen MR) is 100 cm³/mol. The van der Waals surface area contributed by atoms with Crippen molar-refractivity contribution < 1.29 is 18.7 Å². The molecule has 27 heavy (non-hydrogen) atoms. The predicted octanol–water partition coefficient (Wildman–Crippen LogP) is 4.51. The molecule has 6 heteroatoms. The smallest absolute Gasteiger partial charge is 0.306 e. The van der Waals surface area contributed by atoms with Crippen LogP contribution in [0.1, 0.15) is 37.3 Å². The Morgan fingerprint density at radius 1 is 1.07 bits per heavy atom. The number of ether oxygens (including phenoxy) is 2. The third kappa shape index (κ3) is 5.41. The second-order valence-corrected chi connectivity index (χ2v) is 6.21. The summed E-state index contributed by atoms with van der Waals surface area (Å²) in [5.74, 6) is 1.14. The van der Waals surface area contributed by atoms with Gasteiger partial charge in [-0.05, 0) is 44.5 Å². The van der Waals surface area contributed by atoms with Crippen molar-refractivity contribution in [3.63, 3.8) is 0 Å². The van der Waals surface area contributed by atoms with E-state index in [4.69, 9.17) is 13.9 Å². The highest BCUT2D eigenvalue weighted by molar-refractivity contribution is 5.69. The highest BCUT2D eigenvalue weighted by atomic mass is 16.6. The van der Waals surface area contributed by atoms with Gasteiger partial charge in [0.15, 0.2) is 6.10 Å². The number of rotatable bonds is 8. The molecule has 0 N–H and O–H groups in total. The number of benzene rings is 2. The number of carbonyl (C=O) groups excluding carboxylic acids is 1. The molecule has 0 radical (unpaired) electrons. The highest BCUT2D eigenvalue weighted by Gasteiger charge is 2.18. The number of hydrogen-bond donors (Lipinski definition) is 0. The van der Waals surface area contributed by atoms with Crippen molar-refractivity contribution in [2.24, 2.45) is 0 Å². The first kappa shape index (κ1) is 18.6. The van der Waals surface area contributed by atoms with Gasteiger partial charge in [-0.2, -0.15) is 0 Å². The van der Waals surface area contributed by atoms with Gasteiger partial charge in [0, 0.05) is 12.0 Å². The van der Waals surface area contributed by atoms with Crippen LogP contribution in [0.4, 0.5) is 0 Å². The molecule has 140 valence electrons. The Morgan fingerprint density at radius 3 is 2.56 bits per heavy atom. The van der Waals surface area contributed by atoms with E-state index in [2.05, 4.69) is 10.2 Å². The zero-order valence-corrected chi connectivity index (χ0v) is 15.4. The van der Waals surface area contributed by atoms with E-state index in [-0.39, 0.29) is 18.3 Å². The molecule has 0 aliphatic rings. The molecule has 0 saturated carbocycles. The second-order valence-electron chi connectivity index (χ2n) is 6.21. The summed E-state index contributed by atoms with van der Waals surface area (Å²) in [7, 11) is 0. The number of aryl methyl sites for hydroxylation is 1. The number of hydrogen-bond acceptors (Lipinski definition) is 6. The van der Waals surface area contributed by atoms with Gasteiger partial charge >= 0.3 is 5.97 Å². The second kappa shape index (κ2) is 8.98. The fraction of sp³-hybridized carbons (Fsp3) is 0.286. The molecule has 0 spiro atoms. The first-order valence-electron chi connectivity index (χ1n) is 8.89. The molecular weight excluding hydrogens is 344 g/mol. The topological polar surface area (TPSA) is 74.5 Å². The maximum absolute atomic E-state index is 12.0. The lowest BCUT2D eigenvalue weighted by molar-refractivity contribution is -0.149. The monoisotopic (exact) mass is 366 g/mol. The number of esters is 1. The van der Waals surface area contributed by atoms with Crippen molar-refractivity contribution in [1.29, 1.82) is 0 Å². The van der Waals surface area contributed by atoms with Crippen molar-refractivity contribution in [2.45, 2.75) is 32.8 Å². The summed E-state index contributed by atoms with van der Waals surface area (Å²) in [4.78, 5) is 12.0. The van der Waals surface area contributed by atoms with Gasteiger partial charge in [-0.15, -0.1) is 10.2 Å². The molecule has 0 aliphatic heterocycles. The minimum Gasteiger partial charge on any atom is -0.494 e. The number of aromatic nitrogens is 2. The van der Waals surface area contributed by atoms with E-state index in [1.165, 1.54) is 0 Å². The zero-order chi connectivity index (χ0) is 19.1. The summed E-state index contributed by atoms with van der Waals surface area (Å²) < 4.78 is 16.6. The lowest BCUT2D eigenvalue weighted by Crippen LogP contribution is -2.10. The molecule has 3 aromatic rings. The standard InChI is InChI=1S/C21H22N2O4/c1-15-10-12-17(13-11-15)21-23-22-20(27-21)16(2)26-19(24)9-6-14-25-18-7-4-3-5-8-18/h3-5,7-8,10-13,16H,6,9,14H2,1-2H3. The van der Waals surface area contributed by atoms with Crippen LogP contribution in [0, 0.1) is 6.92 Å². The van der Waals surface area contributed by atoms with Crippen LogP contribution in [0.2, 0.25) is 0 Å². The Hall–Kier alpha value is -3.15. The molecule has 0 amide bonds. The molecule has 2 aromatic carbocycles. The summed E-state index contributed by atoms with van der Waals surface area (Å²) in [5.41, 5.74) is 1.98. The van der Waals surface area contributed by atoms with Crippen LogP contribution in [-0.2, 0) is 9.53 Å². The molecule has 0 bridgehead atoms. The van der Waals surface area contributed by atoms with Crippen LogP contribution in [-0.4, -0.2) is 22.8 Å². The van der Waals surface area contributed by atoms with Gasteiger partial charge in [-0.1, -0.05) is 35.9 Å². The molecule has 1 unspecified atom stereocenters. The van der Waals surface area contributed by atoms with Crippen molar-refractivity contribution in [3.05, 3.63) is 66.1 Å². The van der Waals surface area contributed by atoms with Crippen LogP contribution >= 0.6 is 0 Å². The van der Waals surface area contributed by atoms with Crippen LogP contribution in [0.25, 0.3) is 11.5 Å². The minimum absolute atomic E-state index is 0.260. The molecule has 6 nitrogen and oxygen atoms in total. The van der Waals surface area contributed by atoms with E-state index < -0.39 is 6.10 Å². The van der Waals surface area contributed by atoms with E-state index >= 15 is 0 Å². The summed E-state index contributed by atoms with van der Waals surface area (Å²) in [6.45, 7) is 4.17. The maximum Gasteiger partial charge on any atom is 0.306 e. The average Bonchev–Trinajstić information content (AvgIpc) is 3.17. The van der Waals surface area contributed by atoms with Gasteiger partial charge in [0.05, 0.1) is 6.61 Å². The summed E-state index contributed by atoms with van der Waals surface area (Å²) in [5, 5.41) is 8.01. The fourth-order valence-corrected chi connectivity index (χ4v) is 2.44. The Kier molecular flexibility index (Phi) is 6.20. The van der Waals surface area contributed by atoms with Gasteiger partial charge < -0.3 is 13.9 Å². The van der Waals surface area contributed by atoms with E-state index in [9.17, 15) is 4.79 Å². The van der Waals surface area contributed by atoms with Crippen LogP contribution in [0.15, 0.2) is 59.0 Å². The number of nitrogens with zero attached hydrogens (tertiary/aromatic N) is 2. The summed E-state index contributed by atoms with van der Waals surface area (Å²) in [6.07, 6.45) is 0.230. The zero-order valence-electron chi connectivity index (χ0n) is 15.4. The lowest BCUT2D eigenvalue weighted by atomic mass is 10.1. The lowest BCUT2D eigenvalue weighted by Gasteiger charge is -2.10. The molecule has 0 saturated heterocycles. The van der Waals surface area contributed by atoms with E-state index in [0.29, 0.717) is 18.9 Å². The van der Waals surface area contributed by atoms with Crippen LogP contribution < -0.4 is 4.74 Å². The Labute approximate surface area is 158 Å². The fourth-order valence-electron chi connectivity index (χ4n) is 2.44. The SMILES string of the molecule is Cc1ccc(-c2nnc(C(C)OC(=O)CCCOc3ccccc3)o2)cc1. The molecule has 1 atom stereocenters. The molecule has 1 heterocycles. The van der Waals surface area contributed by atoms with E-state index in [0.717, 1.165) is 16.9 Å². The Balaban J connectivity index is 1.45. The normalized spacial score (nSPS) is 11.8.